The van der Waals surface area contributed by atoms with Gasteiger partial charge in [0, 0.05) is 28.2 Å². The van der Waals surface area contributed by atoms with Crippen molar-refractivity contribution in [3.8, 4) is 0 Å². The van der Waals surface area contributed by atoms with Crippen molar-refractivity contribution in [1.82, 2.24) is 9.88 Å². The van der Waals surface area contributed by atoms with Crippen molar-refractivity contribution in [3.05, 3.63) is 67.8 Å². The predicted octanol–water partition coefficient (Wildman–Crippen LogP) is 5.51. The monoisotopic (exact) mass is 471 g/mol. The van der Waals surface area contributed by atoms with Crippen molar-refractivity contribution < 1.29 is 9.59 Å². The number of fused-ring (bicyclic) bond motifs is 1. The molecular formula is C23H22ClN3O2S2. The van der Waals surface area contributed by atoms with E-state index in [-0.39, 0.29) is 11.8 Å². The molecule has 5 nitrogen and oxygen atoms in total. The van der Waals surface area contributed by atoms with E-state index in [4.69, 9.17) is 11.6 Å². The molecule has 8 heteroatoms. The van der Waals surface area contributed by atoms with Crippen LogP contribution in [0.15, 0.2) is 41.1 Å². The number of benzene rings is 1. The summed E-state index contributed by atoms with van der Waals surface area (Å²) < 4.78 is 0. The van der Waals surface area contributed by atoms with Crippen molar-refractivity contribution in [2.45, 2.75) is 44.1 Å². The molecule has 31 heavy (non-hydrogen) atoms. The van der Waals surface area contributed by atoms with Crippen molar-refractivity contribution in [2.75, 3.05) is 11.9 Å². The fourth-order valence-corrected chi connectivity index (χ4v) is 6.44. The largest absolute Gasteiger partial charge is 0.336 e. The van der Waals surface area contributed by atoms with Gasteiger partial charge >= 0.3 is 0 Å². The van der Waals surface area contributed by atoms with Gasteiger partial charge in [-0.1, -0.05) is 47.9 Å². The van der Waals surface area contributed by atoms with Gasteiger partial charge in [-0.3, -0.25) is 14.9 Å². The molecule has 3 aromatic rings. The molecule has 1 fully saturated rings. The van der Waals surface area contributed by atoms with Crippen LogP contribution in [0.4, 0.5) is 5.13 Å². The van der Waals surface area contributed by atoms with Crippen LogP contribution in [-0.2, 0) is 23.2 Å². The van der Waals surface area contributed by atoms with Crippen LogP contribution in [0.25, 0.3) is 0 Å². The van der Waals surface area contributed by atoms with Gasteiger partial charge in [0.25, 0.3) is 5.91 Å². The Morgan fingerprint density at radius 1 is 1.13 bits per heavy atom. The molecule has 0 saturated heterocycles. The minimum atomic E-state index is -0.456. The van der Waals surface area contributed by atoms with E-state index in [2.05, 4.69) is 10.3 Å². The van der Waals surface area contributed by atoms with Crippen LogP contribution in [0.3, 0.4) is 0 Å². The van der Waals surface area contributed by atoms with E-state index in [1.54, 1.807) is 6.07 Å². The predicted molar refractivity (Wildman–Crippen MR) is 125 cm³/mol. The van der Waals surface area contributed by atoms with Crippen LogP contribution in [0, 0.1) is 0 Å². The molecule has 0 unspecified atom stereocenters. The number of aromatic nitrogens is 1. The van der Waals surface area contributed by atoms with E-state index in [1.165, 1.54) is 22.7 Å². The second-order valence-electron chi connectivity index (χ2n) is 8.13. The maximum Gasteiger partial charge on any atom is 0.258 e. The lowest BCUT2D eigenvalue weighted by Gasteiger charge is -2.36. The number of hydrogen-bond donors (Lipinski definition) is 1. The number of nitrogens with zero attached hydrogens (tertiary/aromatic N) is 2. The summed E-state index contributed by atoms with van der Waals surface area (Å²) in [6, 6.07) is 9.57. The summed E-state index contributed by atoms with van der Waals surface area (Å²) in [5, 5.41) is 7.89. The number of halogens is 1. The van der Waals surface area contributed by atoms with Crippen LogP contribution in [-0.4, -0.2) is 28.2 Å². The summed E-state index contributed by atoms with van der Waals surface area (Å²) >= 11 is 9.05. The van der Waals surface area contributed by atoms with Gasteiger partial charge in [0.1, 0.15) is 0 Å². The fourth-order valence-electron chi connectivity index (χ4n) is 4.66. The molecular weight excluding hydrogens is 450 g/mol. The van der Waals surface area contributed by atoms with Crippen LogP contribution in [0.1, 0.15) is 52.2 Å². The Kier molecular flexibility index (Phi) is 5.58. The number of thiazole rings is 1. The average Bonchev–Trinajstić information content (AvgIpc) is 3.53. The summed E-state index contributed by atoms with van der Waals surface area (Å²) in [5.74, 6) is 0.0585. The maximum atomic E-state index is 13.8. The zero-order chi connectivity index (χ0) is 21.4. The van der Waals surface area contributed by atoms with Gasteiger partial charge in [0.2, 0.25) is 5.91 Å². The number of carbonyl (C=O) groups excluding carboxylic acids is 2. The van der Waals surface area contributed by atoms with Gasteiger partial charge in [-0.25, -0.2) is 4.98 Å². The number of nitrogens with one attached hydrogen (secondary N) is 1. The van der Waals surface area contributed by atoms with Crippen molar-refractivity contribution in [3.63, 3.8) is 0 Å². The van der Waals surface area contributed by atoms with E-state index < -0.39 is 5.41 Å². The summed E-state index contributed by atoms with van der Waals surface area (Å²) in [6.07, 6.45) is 4.59. The van der Waals surface area contributed by atoms with E-state index in [9.17, 15) is 9.59 Å². The normalized spacial score (nSPS) is 17.4. The molecule has 2 aromatic heterocycles. The van der Waals surface area contributed by atoms with E-state index in [0.717, 1.165) is 41.8 Å². The quantitative estimate of drug-likeness (QED) is 0.546. The Morgan fingerprint density at radius 3 is 2.61 bits per heavy atom. The van der Waals surface area contributed by atoms with Crippen molar-refractivity contribution in [2.24, 2.45) is 0 Å². The lowest BCUT2D eigenvalue weighted by atomic mass is 9.77. The summed E-state index contributed by atoms with van der Waals surface area (Å²) in [7, 11) is 0. The third-order valence-electron chi connectivity index (χ3n) is 6.29. The SMILES string of the molecule is O=C(Nc1nc2c(s1)CN(C(=O)C1(c3ccc(Cl)cc3)CCCC1)CC2)c1ccsc1. The topological polar surface area (TPSA) is 62.3 Å². The van der Waals surface area contributed by atoms with E-state index in [1.807, 2.05) is 39.9 Å². The molecule has 5 rings (SSSR count). The Hall–Kier alpha value is -2.22. The minimum absolute atomic E-state index is 0.145. The third kappa shape index (κ3) is 3.90. The number of amides is 2. The van der Waals surface area contributed by atoms with Gasteiger partial charge in [-0.05, 0) is 42.0 Å². The molecule has 1 aromatic carbocycles. The molecule has 1 N–H and O–H groups in total. The third-order valence-corrected chi connectivity index (χ3v) is 8.22. The molecule has 3 heterocycles. The molecule has 0 atom stereocenters. The number of thiophene rings is 1. The van der Waals surface area contributed by atoms with Crippen LogP contribution < -0.4 is 5.32 Å². The second-order valence-corrected chi connectivity index (χ2v) is 10.4. The highest BCUT2D eigenvalue weighted by Crippen LogP contribution is 2.44. The van der Waals surface area contributed by atoms with Crippen molar-refractivity contribution >= 4 is 51.2 Å². The molecule has 1 aliphatic carbocycles. The highest BCUT2D eigenvalue weighted by atomic mass is 35.5. The standard InChI is InChI=1S/C23H22ClN3O2S2/c24-17-5-3-16(4-6-17)23(9-1-2-10-23)21(29)27-11-7-18-19(13-27)31-22(25-18)26-20(28)15-8-12-30-14-15/h3-6,8,12,14H,1-2,7,9-11,13H2,(H,25,26,28). The molecule has 0 bridgehead atoms. The molecule has 2 amide bonds. The Bertz CT molecular complexity index is 1100. The zero-order valence-electron chi connectivity index (χ0n) is 16.9. The Morgan fingerprint density at radius 2 is 1.90 bits per heavy atom. The van der Waals surface area contributed by atoms with Gasteiger partial charge in [0.15, 0.2) is 5.13 Å². The second kappa shape index (κ2) is 8.37. The van der Waals surface area contributed by atoms with Crippen LogP contribution in [0.5, 0.6) is 0 Å². The van der Waals surface area contributed by atoms with Gasteiger partial charge in [-0.2, -0.15) is 11.3 Å². The first kappa shape index (κ1) is 20.7. The van der Waals surface area contributed by atoms with Crippen LogP contribution in [0.2, 0.25) is 5.02 Å². The zero-order valence-corrected chi connectivity index (χ0v) is 19.3. The average molecular weight is 472 g/mol. The molecule has 1 aliphatic heterocycles. The summed E-state index contributed by atoms with van der Waals surface area (Å²) in [4.78, 5) is 33.8. The first-order valence-corrected chi connectivity index (χ1v) is 12.6. The highest BCUT2D eigenvalue weighted by Gasteiger charge is 2.45. The lowest BCUT2D eigenvalue weighted by molar-refractivity contribution is -0.138. The fraction of sp³-hybridized carbons (Fsp3) is 0.348. The molecule has 2 aliphatic rings. The first-order valence-electron chi connectivity index (χ1n) is 10.4. The highest BCUT2D eigenvalue weighted by molar-refractivity contribution is 7.16. The molecule has 0 spiro atoms. The maximum absolute atomic E-state index is 13.8. The Balaban J connectivity index is 1.35. The number of anilines is 1. The lowest BCUT2D eigenvalue weighted by Crippen LogP contribution is -2.47. The van der Waals surface area contributed by atoms with Gasteiger partial charge in [0.05, 0.1) is 23.2 Å². The van der Waals surface area contributed by atoms with Gasteiger partial charge in [-0.15, -0.1) is 0 Å². The van der Waals surface area contributed by atoms with E-state index >= 15 is 0 Å². The van der Waals surface area contributed by atoms with E-state index in [0.29, 0.717) is 35.2 Å². The molecule has 1 saturated carbocycles. The Labute approximate surface area is 194 Å². The first-order chi connectivity index (χ1) is 15.0. The number of hydrogen-bond acceptors (Lipinski definition) is 5. The molecule has 160 valence electrons. The minimum Gasteiger partial charge on any atom is -0.336 e. The summed E-state index contributed by atoms with van der Waals surface area (Å²) in [6.45, 7) is 1.21. The molecule has 0 radical (unpaired) electrons. The van der Waals surface area contributed by atoms with Gasteiger partial charge < -0.3 is 4.90 Å². The summed E-state index contributed by atoms with van der Waals surface area (Å²) in [5.41, 5.74) is 2.24. The number of carbonyl (C=O) groups is 2. The smallest absolute Gasteiger partial charge is 0.258 e. The number of rotatable bonds is 4. The van der Waals surface area contributed by atoms with Crippen LogP contribution >= 0.6 is 34.3 Å². The van der Waals surface area contributed by atoms with Crippen molar-refractivity contribution in [1.29, 1.82) is 0 Å².